The maximum Gasteiger partial charge on any atom is 0.267 e. The number of aromatic hydroxyl groups is 1. The van der Waals surface area contributed by atoms with E-state index in [0.717, 1.165) is 5.56 Å². The SMILES string of the molecule is Cc1ccc(N)c(N/C=C(/C#N)C(=O)Nc2ccc(O)cc2)c1. The smallest absolute Gasteiger partial charge is 0.267 e. The van der Waals surface area contributed by atoms with Crippen LogP contribution in [-0.4, -0.2) is 11.0 Å². The summed E-state index contributed by atoms with van der Waals surface area (Å²) in [6, 6.07) is 13.2. The summed E-state index contributed by atoms with van der Waals surface area (Å²) in [6.07, 6.45) is 1.31. The minimum absolute atomic E-state index is 0.0932. The average Bonchev–Trinajstić information content (AvgIpc) is 2.53. The number of hydrogen-bond acceptors (Lipinski definition) is 5. The van der Waals surface area contributed by atoms with E-state index in [2.05, 4.69) is 10.6 Å². The fourth-order valence-electron chi connectivity index (χ4n) is 1.84. The van der Waals surface area contributed by atoms with Crippen molar-refractivity contribution in [2.45, 2.75) is 6.92 Å². The Balaban J connectivity index is 2.12. The molecule has 0 aromatic heterocycles. The summed E-state index contributed by atoms with van der Waals surface area (Å²) in [6.45, 7) is 1.91. The number of nitrogen functional groups attached to an aromatic ring is 1. The van der Waals surface area contributed by atoms with Crippen molar-refractivity contribution >= 4 is 23.0 Å². The largest absolute Gasteiger partial charge is 0.508 e. The molecule has 2 aromatic rings. The Bertz CT molecular complexity index is 789. The van der Waals surface area contributed by atoms with Crippen molar-refractivity contribution < 1.29 is 9.90 Å². The molecule has 0 bridgehead atoms. The lowest BCUT2D eigenvalue weighted by Crippen LogP contribution is -2.14. The van der Waals surface area contributed by atoms with E-state index in [0.29, 0.717) is 17.1 Å². The average molecular weight is 308 g/mol. The highest BCUT2D eigenvalue weighted by Crippen LogP contribution is 2.20. The van der Waals surface area contributed by atoms with Crippen molar-refractivity contribution in [3.63, 3.8) is 0 Å². The van der Waals surface area contributed by atoms with E-state index in [1.165, 1.54) is 30.5 Å². The van der Waals surface area contributed by atoms with Gasteiger partial charge in [0.05, 0.1) is 11.4 Å². The molecule has 0 atom stereocenters. The molecule has 0 spiro atoms. The number of phenols is 1. The van der Waals surface area contributed by atoms with Crippen LogP contribution in [0.2, 0.25) is 0 Å². The van der Waals surface area contributed by atoms with E-state index in [1.54, 1.807) is 6.07 Å². The van der Waals surface area contributed by atoms with E-state index in [4.69, 9.17) is 11.0 Å². The number of nitrogens with zero attached hydrogens (tertiary/aromatic N) is 1. The first-order valence-electron chi connectivity index (χ1n) is 6.83. The van der Waals surface area contributed by atoms with Crippen molar-refractivity contribution in [3.8, 4) is 11.8 Å². The molecule has 0 aliphatic carbocycles. The van der Waals surface area contributed by atoms with Crippen LogP contribution in [0.3, 0.4) is 0 Å². The first-order valence-corrected chi connectivity index (χ1v) is 6.83. The number of aryl methyl sites for hydroxylation is 1. The fourth-order valence-corrected chi connectivity index (χ4v) is 1.84. The summed E-state index contributed by atoms with van der Waals surface area (Å²) < 4.78 is 0. The number of carbonyl (C=O) groups excluding carboxylic acids is 1. The monoisotopic (exact) mass is 308 g/mol. The number of anilines is 3. The molecule has 0 aliphatic heterocycles. The lowest BCUT2D eigenvalue weighted by Gasteiger charge is -2.08. The van der Waals surface area contributed by atoms with E-state index in [1.807, 2.05) is 25.1 Å². The third kappa shape index (κ3) is 4.25. The Hall–Kier alpha value is -3.46. The van der Waals surface area contributed by atoms with Crippen molar-refractivity contribution in [2.24, 2.45) is 0 Å². The minimum Gasteiger partial charge on any atom is -0.508 e. The summed E-state index contributed by atoms with van der Waals surface area (Å²) in [5.74, 6) is -0.465. The molecule has 0 radical (unpaired) electrons. The molecular weight excluding hydrogens is 292 g/mol. The van der Waals surface area contributed by atoms with E-state index >= 15 is 0 Å². The molecule has 23 heavy (non-hydrogen) atoms. The Morgan fingerprint density at radius 1 is 1.26 bits per heavy atom. The fraction of sp³-hybridized carbons (Fsp3) is 0.0588. The number of nitriles is 1. The molecule has 0 saturated heterocycles. The first kappa shape index (κ1) is 15.9. The predicted octanol–water partition coefficient (Wildman–Crippen LogP) is 2.74. The second-order valence-electron chi connectivity index (χ2n) is 4.91. The van der Waals surface area contributed by atoms with Crippen molar-refractivity contribution in [1.82, 2.24) is 0 Å². The number of amides is 1. The van der Waals surface area contributed by atoms with Crippen LogP contribution in [0.25, 0.3) is 0 Å². The van der Waals surface area contributed by atoms with Gasteiger partial charge in [-0.25, -0.2) is 0 Å². The Labute approximate surface area is 133 Å². The standard InChI is InChI=1S/C17H16N4O2/c1-11-2-7-15(19)16(8-11)20-10-12(9-18)17(23)21-13-3-5-14(22)6-4-13/h2-8,10,20,22H,19H2,1H3,(H,21,23)/b12-10-. The molecule has 2 rings (SSSR count). The van der Waals surface area contributed by atoms with Gasteiger partial charge in [0.2, 0.25) is 0 Å². The maximum atomic E-state index is 12.1. The summed E-state index contributed by atoms with van der Waals surface area (Å²) in [5.41, 5.74) is 8.35. The highest BCUT2D eigenvalue weighted by molar-refractivity contribution is 6.06. The Morgan fingerprint density at radius 2 is 1.96 bits per heavy atom. The van der Waals surface area contributed by atoms with Gasteiger partial charge in [0, 0.05) is 11.9 Å². The van der Waals surface area contributed by atoms with Crippen LogP contribution in [0.5, 0.6) is 5.75 Å². The third-order valence-corrected chi connectivity index (χ3v) is 3.07. The van der Waals surface area contributed by atoms with Crippen LogP contribution in [-0.2, 0) is 4.79 Å². The summed E-state index contributed by atoms with van der Waals surface area (Å²) in [4.78, 5) is 12.1. The lowest BCUT2D eigenvalue weighted by atomic mass is 10.2. The maximum absolute atomic E-state index is 12.1. The molecular formula is C17H16N4O2. The van der Waals surface area contributed by atoms with E-state index < -0.39 is 5.91 Å². The molecule has 0 unspecified atom stereocenters. The van der Waals surface area contributed by atoms with Crippen LogP contribution in [0.15, 0.2) is 54.2 Å². The highest BCUT2D eigenvalue weighted by atomic mass is 16.3. The Morgan fingerprint density at radius 3 is 2.61 bits per heavy atom. The zero-order chi connectivity index (χ0) is 16.8. The van der Waals surface area contributed by atoms with Gasteiger partial charge in [-0.1, -0.05) is 6.07 Å². The molecule has 116 valence electrons. The van der Waals surface area contributed by atoms with Crippen LogP contribution in [0.1, 0.15) is 5.56 Å². The third-order valence-electron chi connectivity index (χ3n) is 3.07. The zero-order valence-electron chi connectivity index (χ0n) is 12.5. The van der Waals surface area contributed by atoms with Gasteiger partial charge in [0.1, 0.15) is 17.4 Å². The predicted molar refractivity (Wildman–Crippen MR) is 89.6 cm³/mol. The Kier molecular flexibility index (Phi) is 4.85. The van der Waals surface area contributed by atoms with Gasteiger partial charge >= 0.3 is 0 Å². The number of nitrogens with two attached hydrogens (primary N) is 1. The summed E-state index contributed by atoms with van der Waals surface area (Å²) >= 11 is 0. The van der Waals surface area contributed by atoms with Crippen LogP contribution in [0.4, 0.5) is 17.1 Å². The van der Waals surface area contributed by atoms with E-state index in [9.17, 15) is 9.90 Å². The molecule has 2 aromatic carbocycles. The second-order valence-corrected chi connectivity index (χ2v) is 4.91. The van der Waals surface area contributed by atoms with Crippen LogP contribution in [0, 0.1) is 18.3 Å². The molecule has 0 heterocycles. The molecule has 1 amide bonds. The van der Waals surface area contributed by atoms with Gasteiger partial charge in [-0.05, 0) is 48.9 Å². The van der Waals surface area contributed by atoms with Crippen molar-refractivity contribution in [2.75, 3.05) is 16.4 Å². The lowest BCUT2D eigenvalue weighted by molar-refractivity contribution is -0.112. The highest BCUT2D eigenvalue weighted by Gasteiger charge is 2.09. The van der Waals surface area contributed by atoms with E-state index in [-0.39, 0.29) is 11.3 Å². The quantitative estimate of drug-likeness (QED) is 0.300. The number of rotatable bonds is 4. The van der Waals surface area contributed by atoms with Crippen molar-refractivity contribution in [1.29, 1.82) is 5.26 Å². The van der Waals surface area contributed by atoms with Gasteiger partial charge in [-0.15, -0.1) is 0 Å². The number of hydrogen-bond donors (Lipinski definition) is 4. The minimum atomic E-state index is -0.558. The van der Waals surface area contributed by atoms with Crippen LogP contribution < -0.4 is 16.4 Å². The molecule has 6 heteroatoms. The first-order chi connectivity index (χ1) is 11.0. The van der Waals surface area contributed by atoms with Gasteiger partial charge in [0.15, 0.2) is 0 Å². The molecule has 0 aliphatic rings. The number of benzene rings is 2. The molecule has 6 nitrogen and oxygen atoms in total. The molecule has 5 N–H and O–H groups in total. The van der Waals surface area contributed by atoms with Crippen molar-refractivity contribution in [3.05, 3.63) is 59.8 Å². The van der Waals surface area contributed by atoms with Gasteiger partial charge in [0.25, 0.3) is 5.91 Å². The van der Waals surface area contributed by atoms with Gasteiger partial charge in [-0.3, -0.25) is 4.79 Å². The number of carbonyl (C=O) groups is 1. The molecule has 0 fully saturated rings. The summed E-state index contributed by atoms with van der Waals surface area (Å²) in [5, 5.41) is 23.8. The number of phenolic OH excluding ortho intramolecular Hbond substituents is 1. The summed E-state index contributed by atoms with van der Waals surface area (Å²) in [7, 11) is 0. The van der Waals surface area contributed by atoms with Gasteiger partial charge in [-0.2, -0.15) is 5.26 Å². The van der Waals surface area contributed by atoms with Gasteiger partial charge < -0.3 is 21.5 Å². The number of nitrogens with one attached hydrogen (secondary N) is 2. The zero-order valence-corrected chi connectivity index (χ0v) is 12.5. The normalized spacial score (nSPS) is 10.7. The topological polar surface area (TPSA) is 111 Å². The second kappa shape index (κ2) is 7.00. The van der Waals surface area contributed by atoms with Crippen LogP contribution >= 0.6 is 0 Å². The molecule has 0 saturated carbocycles.